The van der Waals surface area contributed by atoms with Crippen molar-refractivity contribution < 1.29 is 9.90 Å². The van der Waals surface area contributed by atoms with Crippen molar-refractivity contribution >= 4 is 5.97 Å². The van der Waals surface area contributed by atoms with Crippen LogP contribution < -0.4 is 5.11 Å². The van der Waals surface area contributed by atoms with Crippen LogP contribution in [0.3, 0.4) is 0 Å². The summed E-state index contributed by atoms with van der Waals surface area (Å²) in [6.45, 7) is 8.05. The second-order valence-electron chi connectivity index (χ2n) is 5.99. The Kier molecular flexibility index (Phi) is 4.46. The fourth-order valence-corrected chi connectivity index (χ4v) is 2.53. The van der Waals surface area contributed by atoms with Crippen LogP contribution in [-0.2, 0) is 6.42 Å². The summed E-state index contributed by atoms with van der Waals surface area (Å²) in [5.41, 5.74) is 2.44. The largest absolute Gasteiger partial charge is 0.545 e. The van der Waals surface area contributed by atoms with E-state index in [2.05, 4.69) is 18.9 Å². The van der Waals surface area contributed by atoms with E-state index >= 15 is 0 Å². The Morgan fingerprint density at radius 3 is 2.29 bits per heavy atom. The molecule has 0 radical (unpaired) electrons. The lowest BCUT2D eigenvalue weighted by molar-refractivity contribution is -0.255. The van der Waals surface area contributed by atoms with Crippen LogP contribution in [0.25, 0.3) is 5.69 Å². The summed E-state index contributed by atoms with van der Waals surface area (Å²) in [6.07, 6.45) is 0.628. The molecule has 0 saturated heterocycles. The zero-order valence-corrected chi connectivity index (χ0v) is 13.0. The topological polar surface area (TPSA) is 58.0 Å². The fraction of sp³-hybridized carbons (Fsp3) is 0.412. The number of hydrogen-bond donors (Lipinski definition) is 0. The number of aromatic nitrogens is 2. The minimum absolute atomic E-state index is 0.0477. The van der Waals surface area contributed by atoms with Gasteiger partial charge >= 0.3 is 0 Å². The van der Waals surface area contributed by atoms with E-state index in [1.807, 2.05) is 44.2 Å². The summed E-state index contributed by atoms with van der Waals surface area (Å²) in [5.74, 6) is -0.759. The molecule has 0 fully saturated rings. The lowest BCUT2D eigenvalue weighted by Crippen LogP contribution is -2.25. The van der Waals surface area contributed by atoms with Crippen LogP contribution in [0.4, 0.5) is 0 Å². The van der Waals surface area contributed by atoms with E-state index in [-0.39, 0.29) is 11.5 Å². The molecule has 0 N–H and O–H groups in total. The van der Waals surface area contributed by atoms with Gasteiger partial charge in [-0.25, -0.2) is 4.68 Å². The highest BCUT2D eigenvalue weighted by Gasteiger charge is 2.22. The molecule has 0 bridgehead atoms. The molecule has 0 amide bonds. The van der Waals surface area contributed by atoms with Crippen molar-refractivity contribution in [3.8, 4) is 5.69 Å². The Morgan fingerprint density at radius 1 is 1.19 bits per heavy atom. The van der Waals surface area contributed by atoms with E-state index in [1.54, 1.807) is 4.68 Å². The van der Waals surface area contributed by atoms with Crippen LogP contribution >= 0.6 is 0 Å². The quantitative estimate of drug-likeness (QED) is 0.848. The molecule has 0 aliphatic carbocycles. The van der Waals surface area contributed by atoms with Crippen molar-refractivity contribution in [2.45, 2.75) is 40.0 Å². The number of carboxylic acids is 1. The summed E-state index contributed by atoms with van der Waals surface area (Å²) in [4.78, 5) is 11.6. The van der Waals surface area contributed by atoms with E-state index in [1.165, 1.54) is 0 Å². The molecule has 0 aliphatic heterocycles. The van der Waals surface area contributed by atoms with E-state index in [4.69, 9.17) is 0 Å². The highest BCUT2D eigenvalue weighted by Crippen LogP contribution is 2.27. The molecule has 112 valence electrons. The highest BCUT2D eigenvalue weighted by atomic mass is 16.4. The van der Waals surface area contributed by atoms with Crippen LogP contribution in [0.5, 0.6) is 0 Å². The Morgan fingerprint density at radius 2 is 1.81 bits per heavy atom. The minimum Gasteiger partial charge on any atom is -0.545 e. The molecular formula is C17H21N2O2-. The molecule has 2 aromatic rings. The van der Waals surface area contributed by atoms with Crippen LogP contribution in [0, 0.1) is 5.92 Å². The van der Waals surface area contributed by atoms with Gasteiger partial charge in [0.2, 0.25) is 0 Å². The molecule has 2 rings (SSSR count). The Bertz CT molecular complexity index is 628. The minimum atomic E-state index is -1.14. The molecule has 0 atom stereocenters. The fourth-order valence-electron chi connectivity index (χ4n) is 2.53. The lowest BCUT2D eigenvalue weighted by atomic mass is 9.99. The number of carboxylic acid groups (broad SMARTS) is 1. The van der Waals surface area contributed by atoms with Crippen molar-refractivity contribution in [2.24, 2.45) is 5.92 Å². The first kappa shape index (κ1) is 15.3. The predicted molar refractivity (Wildman–Crippen MR) is 80.5 cm³/mol. The Labute approximate surface area is 125 Å². The molecule has 1 aromatic carbocycles. The summed E-state index contributed by atoms with van der Waals surface area (Å²) in [7, 11) is 0. The molecule has 21 heavy (non-hydrogen) atoms. The van der Waals surface area contributed by atoms with Gasteiger partial charge in [0.25, 0.3) is 0 Å². The first-order valence-electron chi connectivity index (χ1n) is 7.30. The normalized spacial score (nSPS) is 11.3. The number of hydrogen-bond acceptors (Lipinski definition) is 3. The second-order valence-corrected chi connectivity index (χ2v) is 5.99. The third kappa shape index (κ3) is 3.15. The summed E-state index contributed by atoms with van der Waals surface area (Å²) < 4.78 is 1.74. The molecule has 0 saturated carbocycles. The molecule has 4 nitrogen and oxygen atoms in total. The third-order valence-corrected chi connectivity index (χ3v) is 3.35. The zero-order valence-electron chi connectivity index (χ0n) is 13.0. The van der Waals surface area contributed by atoms with Crippen molar-refractivity contribution in [2.75, 3.05) is 0 Å². The van der Waals surface area contributed by atoms with Crippen LogP contribution in [0.15, 0.2) is 30.3 Å². The van der Waals surface area contributed by atoms with Gasteiger partial charge in [0.1, 0.15) is 0 Å². The van der Waals surface area contributed by atoms with E-state index in [0.29, 0.717) is 23.7 Å². The van der Waals surface area contributed by atoms with Crippen molar-refractivity contribution in [1.82, 2.24) is 9.78 Å². The third-order valence-electron chi connectivity index (χ3n) is 3.35. The SMILES string of the molecule is CC(C)Cc1nn(-c2ccccc2)c(C(C)C)c1C(=O)[O-]. The van der Waals surface area contributed by atoms with Crippen LogP contribution in [-0.4, -0.2) is 15.7 Å². The van der Waals surface area contributed by atoms with Gasteiger partial charge in [-0.1, -0.05) is 45.9 Å². The van der Waals surface area contributed by atoms with Gasteiger partial charge < -0.3 is 9.90 Å². The number of rotatable bonds is 5. The number of benzene rings is 1. The van der Waals surface area contributed by atoms with Gasteiger partial charge in [-0.3, -0.25) is 0 Å². The van der Waals surface area contributed by atoms with Crippen molar-refractivity contribution in [3.05, 3.63) is 47.3 Å². The lowest BCUT2D eigenvalue weighted by Gasteiger charge is -2.13. The second kappa shape index (κ2) is 6.12. The first-order valence-corrected chi connectivity index (χ1v) is 7.30. The maximum Gasteiger partial charge on any atom is 0.0752 e. The van der Waals surface area contributed by atoms with Gasteiger partial charge in [-0.05, 0) is 30.4 Å². The van der Waals surface area contributed by atoms with E-state index in [0.717, 1.165) is 5.69 Å². The Balaban J connectivity index is 2.67. The monoisotopic (exact) mass is 285 g/mol. The van der Waals surface area contributed by atoms with Gasteiger partial charge in [0, 0.05) is 5.56 Å². The first-order chi connectivity index (χ1) is 9.91. The smallest absolute Gasteiger partial charge is 0.0752 e. The number of carbonyl (C=O) groups excluding carboxylic acids is 1. The van der Waals surface area contributed by atoms with Gasteiger partial charge in [-0.2, -0.15) is 5.10 Å². The standard InChI is InChI=1S/C17H22N2O2/c1-11(2)10-14-15(17(20)21)16(12(3)4)19(18-14)13-8-6-5-7-9-13/h5-9,11-12H,10H2,1-4H3,(H,20,21)/p-1. The zero-order chi connectivity index (χ0) is 15.6. The molecule has 4 heteroatoms. The van der Waals surface area contributed by atoms with Gasteiger partial charge in [0.05, 0.1) is 23.0 Å². The van der Waals surface area contributed by atoms with Gasteiger partial charge in [-0.15, -0.1) is 0 Å². The number of nitrogens with zero attached hydrogens (tertiary/aromatic N) is 2. The predicted octanol–water partition coefficient (Wildman–Crippen LogP) is 2.56. The maximum atomic E-state index is 11.6. The number of carbonyl (C=O) groups is 1. The number of para-hydroxylation sites is 1. The average Bonchev–Trinajstić information content (AvgIpc) is 2.78. The average molecular weight is 285 g/mol. The van der Waals surface area contributed by atoms with E-state index < -0.39 is 5.97 Å². The van der Waals surface area contributed by atoms with E-state index in [9.17, 15) is 9.90 Å². The summed E-state index contributed by atoms with van der Waals surface area (Å²) >= 11 is 0. The molecule has 0 unspecified atom stereocenters. The molecule has 0 aliphatic rings. The molecule has 0 spiro atoms. The number of aromatic carboxylic acids is 1. The highest BCUT2D eigenvalue weighted by molar-refractivity contribution is 5.89. The van der Waals surface area contributed by atoms with Crippen LogP contribution in [0.2, 0.25) is 0 Å². The summed E-state index contributed by atoms with van der Waals surface area (Å²) in [5, 5.41) is 16.2. The maximum absolute atomic E-state index is 11.6. The molecule has 1 aromatic heterocycles. The van der Waals surface area contributed by atoms with Crippen molar-refractivity contribution in [3.63, 3.8) is 0 Å². The summed E-state index contributed by atoms with van der Waals surface area (Å²) in [6, 6.07) is 9.62. The molecule has 1 heterocycles. The van der Waals surface area contributed by atoms with Crippen LogP contribution in [0.1, 0.15) is 55.4 Å². The molecular weight excluding hydrogens is 264 g/mol. The van der Waals surface area contributed by atoms with Crippen molar-refractivity contribution in [1.29, 1.82) is 0 Å². The van der Waals surface area contributed by atoms with Gasteiger partial charge in [0.15, 0.2) is 0 Å². The Hall–Kier alpha value is -2.10.